The second kappa shape index (κ2) is 13.3. The van der Waals surface area contributed by atoms with Crippen LogP contribution in [0.5, 0.6) is 0 Å². The molecule has 1 unspecified atom stereocenters. The molecular weight excluding hydrogens is 444 g/mol. The van der Waals surface area contributed by atoms with Crippen LogP contribution in [-0.4, -0.2) is 35.2 Å². The van der Waals surface area contributed by atoms with Crippen LogP contribution in [0.25, 0.3) is 0 Å². The van der Waals surface area contributed by atoms with Crippen LogP contribution in [0.2, 0.25) is 0 Å². The Labute approximate surface area is 204 Å². The number of nitrogens with one attached hydrogen (secondary N) is 2. The Morgan fingerprint density at radius 1 is 0.743 bits per heavy atom. The van der Waals surface area contributed by atoms with Gasteiger partial charge in [-0.25, -0.2) is 9.59 Å². The summed E-state index contributed by atoms with van der Waals surface area (Å²) in [4.78, 5) is 36.8. The van der Waals surface area contributed by atoms with E-state index in [1.807, 2.05) is 91.0 Å². The van der Waals surface area contributed by atoms with Gasteiger partial charge in [-0.1, -0.05) is 97.1 Å². The number of hydrogen-bond acceptors (Lipinski definition) is 4. The summed E-state index contributed by atoms with van der Waals surface area (Å²) < 4.78 is 5.30. The molecule has 3 N–H and O–H groups in total. The maximum atomic E-state index is 13.2. The van der Waals surface area contributed by atoms with Gasteiger partial charge in [0, 0.05) is 12.5 Å². The Balaban J connectivity index is 1.71. The smallest absolute Gasteiger partial charge is 0.408 e. The summed E-state index contributed by atoms with van der Waals surface area (Å²) in [7, 11) is 0. The van der Waals surface area contributed by atoms with Gasteiger partial charge in [0.25, 0.3) is 0 Å². The molecule has 3 aromatic rings. The molecule has 7 heteroatoms. The largest absolute Gasteiger partial charge is 0.478 e. The van der Waals surface area contributed by atoms with Gasteiger partial charge in [0.1, 0.15) is 12.6 Å². The minimum atomic E-state index is -1.11. The van der Waals surface area contributed by atoms with Gasteiger partial charge in [0.05, 0.1) is 6.04 Å². The highest BCUT2D eigenvalue weighted by Crippen LogP contribution is 2.08. The zero-order chi connectivity index (χ0) is 24.9. The van der Waals surface area contributed by atoms with Gasteiger partial charge >= 0.3 is 12.1 Å². The molecule has 2 amide bonds. The van der Waals surface area contributed by atoms with Crippen LogP contribution in [0, 0.1) is 0 Å². The van der Waals surface area contributed by atoms with Crippen molar-refractivity contribution in [3.05, 3.63) is 120 Å². The van der Waals surface area contributed by atoms with Crippen LogP contribution in [-0.2, 0) is 33.8 Å². The molecular formula is C28H28N2O5. The number of benzene rings is 3. The standard InChI is InChI=1S/C28H28N2O5/c31-26(32)17-16-24(18-21-10-4-1-5-11-21)29-27(33)25(19-22-12-6-2-7-13-22)30-28(34)35-20-23-14-8-3-9-15-23/h1-17,24-25H,18-20H2,(H,29,33)(H,30,34)(H,31,32)/b17-16+/t24?,25-/m0/s1. The summed E-state index contributed by atoms with van der Waals surface area (Å²) in [5.74, 6) is -1.55. The average molecular weight is 473 g/mol. The molecule has 0 spiro atoms. The van der Waals surface area contributed by atoms with Gasteiger partial charge in [0.2, 0.25) is 5.91 Å². The Hall–Kier alpha value is -4.39. The molecule has 3 aromatic carbocycles. The number of rotatable bonds is 11. The van der Waals surface area contributed by atoms with E-state index in [2.05, 4.69) is 10.6 Å². The second-order valence-electron chi connectivity index (χ2n) is 7.95. The normalized spacial score (nSPS) is 12.5. The van der Waals surface area contributed by atoms with Crippen molar-refractivity contribution in [2.45, 2.75) is 31.5 Å². The lowest BCUT2D eigenvalue weighted by Gasteiger charge is -2.22. The zero-order valence-corrected chi connectivity index (χ0v) is 19.2. The summed E-state index contributed by atoms with van der Waals surface area (Å²) in [6, 6.07) is 26.5. The van der Waals surface area contributed by atoms with E-state index in [1.54, 1.807) is 0 Å². The SMILES string of the molecule is O=C(O)/C=C/C(Cc1ccccc1)NC(=O)[C@H](Cc1ccccc1)NC(=O)OCc1ccccc1. The summed E-state index contributed by atoms with van der Waals surface area (Å²) in [6.45, 7) is 0.0737. The Bertz CT molecular complexity index is 1120. The van der Waals surface area contributed by atoms with Gasteiger partial charge in [-0.3, -0.25) is 4.79 Å². The molecule has 0 aliphatic rings. The number of amides is 2. The third-order valence-electron chi connectivity index (χ3n) is 5.20. The molecule has 35 heavy (non-hydrogen) atoms. The number of carbonyl (C=O) groups excluding carboxylic acids is 2. The molecule has 0 bridgehead atoms. The minimum Gasteiger partial charge on any atom is -0.478 e. The van der Waals surface area contributed by atoms with Gasteiger partial charge in [-0.15, -0.1) is 0 Å². The van der Waals surface area contributed by atoms with Crippen molar-refractivity contribution in [2.75, 3.05) is 0 Å². The van der Waals surface area contributed by atoms with Crippen molar-refractivity contribution in [3.8, 4) is 0 Å². The molecule has 0 aliphatic carbocycles. The van der Waals surface area contributed by atoms with E-state index in [9.17, 15) is 14.4 Å². The van der Waals surface area contributed by atoms with Gasteiger partial charge in [-0.2, -0.15) is 0 Å². The molecule has 0 aromatic heterocycles. The highest BCUT2D eigenvalue weighted by atomic mass is 16.5. The van der Waals surface area contributed by atoms with E-state index < -0.39 is 30.1 Å². The van der Waals surface area contributed by atoms with Crippen molar-refractivity contribution in [3.63, 3.8) is 0 Å². The highest BCUT2D eigenvalue weighted by Gasteiger charge is 2.24. The van der Waals surface area contributed by atoms with Crippen LogP contribution in [0.1, 0.15) is 16.7 Å². The molecule has 0 heterocycles. The fourth-order valence-electron chi connectivity index (χ4n) is 3.48. The predicted octanol–water partition coefficient (Wildman–Crippen LogP) is 3.89. The lowest BCUT2D eigenvalue weighted by Crippen LogP contribution is -2.51. The van der Waals surface area contributed by atoms with Gasteiger partial charge in [0.15, 0.2) is 0 Å². The van der Waals surface area contributed by atoms with Crippen molar-refractivity contribution in [1.29, 1.82) is 0 Å². The van der Waals surface area contributed by atoms with Gasteiger partial charge in [-0.05, 0) is 23.1 Å². The first-order valence-corrected chi connectivity index (χ1v) is 11.3. The highest BCUT2D eigenvalue weighted by molar-refractivity contribution is 5.86. The summed E-state index contributed by atoms with van der Waals surface area (Å²) in [6.07, 6.45) is 2.36. The Morgan fingerprint density at radius 3 is 1.80 bits per heavy atom. The summed E-state index contributed by atoms with van der Waals surface area (Å²) >= 11 is 0. The number of ether oxygens (including phenoxy) is 1. The topological polar surface area (TPSA) is 105 Å². The van der Waals surface area contributed by atoms with E-state index in [4.69, 9.17) is 9.84 Å². The monoisotopic (exact) mass is 472 g/mol. The number of carbonyl (C=O) groups is 3. The lowest BCUT2D eigenvalue weighted by atomic mass is 10.0. The average Bonchev–Trinajstić information content (AvgIpc) is 2.87. The predicted molar refractivity (Wildman–Crippen MR) is 133 cm³/mol. The van der Waals surface area contributed by atoms with Crippen LogP contribution >= 0.6 is 0 Å². The van der Waals surface area contributed by atoms with Crippen LogP contribution in [0.3, 0.4) is 0 Å². The summed E-state index contributed by atoms with van der Waals surface area (Å²) in [5.41, 5.74) is 2.62. The van der Waals surface area contributed by atoms with E-state index in [0.717, 1.165) is 22.8 Å². The number of carboxylic acid groups (broad SMARTS) is 1. The van der Waals surface area contributed by atoms with Crippen LogP contribution in [0.15, 0.2) is 103 Å². The van der Waals surface area contributed by atoms with E-state index in [1.165, 1.54) is 6.08 Å². The number of alkyl carbamates (subject to hydrolysis) is 1. The second-order valence-corrected chi connectivity index (χ2v) is 7.95. The molecule has 2 atom stereocenters. The molecule has 3 rings (SSSR count). The maximum Gasteiger partial charge on any atom is 0.408 e. The third-order valence-corrected chi connectivity index (χ3v) is 5.20. The molecule has 180 valence electrons. The van der Waals surface area contributed by atoms with Crippen molar-refractivity contribution < 1.29 is 24.2 Å². The lowest BCUT2D eigenvalue weighted by molar-refractivity contribution is -0.131. The van der Waals surface area contributed by atoms with E-state index in [-0.39, 0.29) is 13.0 Å². The fraction of sp³-hybridized carbons (Fsp3) is 0.179. The Kier molecular flexibility index (Phi) is 9.63. The quantitative estimate of drug-likeness (QED) is 0.367. The first-order chi connectivity index (χ1) is 17.0. The Morgan fingerprint density at radius 2 is 1.26 bits per heavy atom. The molecule has 0 saturated heterocycles. The molecule has 0 aliphatic heterocycles. The van der Waals surface area contributed by atoms with Crippen molar-refractivity contribution in [2.24, 2.45) is 0 Å². The van der Waals surface area contributed by atoms with Crippen LogP contribution in [0.4, 0.5) is 4.79 Å². The third kappa shape index (κ3) is 9.17. The first kappa shape index (κ1) is 25.2. The number of aliphatic carboxylic acids is 1. The first-order valence-electron chi connectivity index (χ1n) is 11.3. The fourth-order valence-corrected chi connectivity index (χ4v) is 3.48. The van der Waals surface area contributed by atoms with Crippen molar-refractivity contribution >= 4 is 18.0 Å². The minimum absolute atomic E-state index is 0.0737. The zero-order valence-electron chi connectivity index (χ0n) is 19.2. The molecule has 0 radical (unpaired) electrons. The van der Waals surface area contributed by atoms with Crippen molar-refractivity contribution in [1.82, 2.24) is 10.6 Å². The van der Waals surface area contributed by atoms with Crippen LogP contribution < -0.4 is 10.6 Å². The van der Waals surface area contributed by atoms with E-state index in [0.29, 0.717) is 6.42 Å². The number of hydrogen-bond donors (Lipinski definition) is 3. The van der Waals surface area contributed by atoms with Gasteiger partial charge < -0.3 is 20.5 Å². The molecule has 0 saturated carbocycles. The molecule has 0 fully saturated rings. The maximum absolute atomic E-state index is 13.2. The number of carboxylic acids is 1. The summed E-state index contributed by atoms with van der Waals surface area (Å²) in [5, 5.41) is 14.6. The van der Waals surface area contributed by atoms with E-state index >= 15 is 0 Å². The molecule has 7 nitrogen and oxygen atoms in total.